The molecular weight excluding hydrogens is 442 g/mol. The average molecular weight is 483 g/mol. The third kappa shape index (κ3) is 6.73. The number of halogens is 2. The fourth-order valence-corrected chi connectivity index (χ4v) is 5.83. The number of rotatable bonds is 10. The normalized spacial score (nSPS) is 24.8. The van der Waals surface area contributed by atoms with Gasteiger partial charge >= 0.3 is 0 Å². The molecule has 2 aliphatic carbocycles. The molecule has 2 nitrogen and oxygen atoms in total. The number of aryl methyl sites for hydroxylation is 1. The zero-order valence-corrected chi connectivity index (χ0v) is 21.1. The van der Waals surface area contributed by atoms with E-state index in [4.69, 9.17) is 9.47 Å². The Morgan fingerprint density at radius 1 is 0.857 bits per heavy atom. The molecule has 2 aromatic carbocycles. The van der Waals surface area contributed by atoms with Gasteiger partial charge in [0.15, 0.2) is 11.6 Å². The van der Waals surface area contributed by atoms with Crippen LogP contribution in [0.15, 0.2) is 49.1 Å². The SMILES string of the molecule is C=CCCc1ccc(C2CCC(COC3CCC(c4ccc(OCC)c(F)c4F)CC3)CC2)cc1. The summed E-state index contributed by atoms with van der Waals surface area (Å²) in [4.78, 5) is 0. The largest absolute Gasteiger partial charge is 0.491 e. The van der Waals surface area contributed by atoms with Crippen molar-refractivity contribution in [3.8, 4) is 5.75 Å². The Bertz CT molecular complexity index is 939. The van der Waals surface area contributed by atoms with Gasteiger partial charge in [-0.1, -0.05) is 36.4 Å². The molecule has 2 aromatic rings. The van der Waals surface area contributed by atoms with E-state index in [1.807, 2.05) is 6.08 Å². The van der Waals surface area contributed by atoms with Crippen molar-refractivity contribution in [2.45, 2.75) is 89.1 Å². The maximum Gasteiger partial charge on any atom is 0.200 e. The molecule has 0 spiro atoms. The number of allylic oxidation sites excluding steroid dienone is 1. The van der Waals surface area contributed by atoms with Gasteiger partial charge in [-0.2, -0.15) is 4.39 Å². The van der Waals surface area contributed by atoms with Gasteiger partial charge in [-0.05, 0) is 112 Å². The van der Waals surface area contributed by atoms with Crippen molar-refractivity contribution in [3.05, 3.63) is 77.4 Å². The highest BCUT2D eigenvalue weighted by molar-refractivity contribution is 5.33. The molecule has 35 heavy (non-hydrogen) atoms. The van der Waals surface area contributed by atoms with Crippen molar-refractivity contribution < 1.29 is 18.3 Å². The van der Waals surface area contributed by atoms with E-state index in [9.17, 15) is 8.78 Å². The van der Waals surface area contributed by atoms with Crippen molar-refractivity contribution >= 4 is 0 Å². The predicted octanol–water partition coefficient (Wildman–Crippen LogP) is 8.50. The Kier molecular flexibility index (Phi) is 9.37. The molecule has 0 atom stereocenters. The number of ether oxygens (including phenoxy) is 2. The zero-order valence-electron chi connectivity index (χ0n) is 21.1. The van der Waals surface area contributed by atoms with Crippen LogP contribution in [0, 0.1) is 17.6 Å². The van der Waals surface area contributed by atoms with Crippen LogP contribution in [-0.2, 0) is 11.2 Å². The maximum atomic E-state index is 14.6. The molecule has 0 saturated heterocycles. The van der Waals surface area contributed by atoms with Crippen LogP contribution in [0.25, 0.3) is 0 Å². The minimum Gasteiger partial charge on any atom is -0.491 e. The van der Waals surface area contributed by atoms with Gasteiger partial charge in [-0.25, -0.2) is 4.39 Å². The fraction of sp³-hybridized carbons (Fsp3) is 0.548. The minimum absolute atomic E-state index is 0.000947. The van der Waals surface area contributed by atoms with Crippen molar-refractivity contribution in [2.75, 3.05) is 13.2 Å². The van der Waals surface area contributed by atoms with Crippen LogP contribution < -0.4 is 4.74 Å². The lowest BCUT2D eigenvalue weighted by molar-refractivity contribution is -0.00289. The first-order chi connectivity index (χ1) is 17.1. The summed E-state index contributed by atoms with van der Waals surface area (Å²) < 4.78 is 40.4. The molecular formula is C31H40F2O2. The molecule has 2 saturated carbocycles. The van der Waals surface area contributed by atoms with Gasteiger partial charge in [0.1, 0.15) is 0 Å². The lowest BCUT2D eigenvalue weighted by atomic mass is 9.78. The van der Waals surface area contributed by atoms with Crippen molar-refractivity contribution in [3.63, 3.8) is 0 Å². The van der Waals surface area contributed by atoms with Crippen molar-refractivity contribution in [2.24, 2.45) is 5.92 Å². The molecule has 2 aliphatic rings. The summed E-state index contributed by atoms with van der Waals surface area (Å²) in [7, 11) is 0. The molecule has 4 heteroatoms. The zero-order chi connectivity index (χ0) is 24.6. The average Bonchev–Trinajstić information content (AvgIpc) is 2.90. The van der Waals surface area contributed by atoms with E-state index in [1.165, 1.54) is 36.8 Å². The Morgan fingerprint density at radius 2 is 1.54 bits per heavy atom. The van der Waals surface area contributed by atoms with E-state index in [-0.39, 0.29) is 17.8 Å². The Morgan fingerprint density at radius 3 is 2.20 bits per heavy atom. The van der Waals surface area contributed by atoms with Gasteiger partial charge in [0.05, 0.1) is 12.7 Å². The topological polar surface area (TPSA) is 18.5 Å². The molecule has 0 aromatic heterocycles. The first kappa shape index (κ1) is 25.9. The van der Waals surface area contributed by atoms with E-state index >= 15 is 0 Å². The second-order valence-electron chi connectivity index (χ2n) is 10.3. The second-order valence-corrected chi connectivity index (χ2v) is 10.3. The van der Waals surface area contributed by atoms with Crippen LogP contribution in [0.5, 0.6) is 5.75 Å². The number of hydrogen-bond acceptors (Lipinski definition) is 2. The molecule has 0 N–H and O–H groups in total. The molecule has 0 bridgehead atoms. The van der Waals surface area contributed by atoms with Gasteiger partial charge in [0, 0.05) is 6.61 Å². The highest BCUT2D eigenvalue weighted by Gasteiger charge is 2.28. The quantitative estimate of drug-likeness (QED) is 0.316. The van der Waals surface area contributed by atoms with Gasteiger partial charge in [-0.3, -0.25) is 0 Å². The lowest BCUT2D eigenvalue weighted by Crippen LogP contribution is -2.25. The standard InChI is InChI=1S/C31H40F2O2/c1-3-5-6-22-7-11-24(12-8-22)25-13-9-23(10-14-25)21-35-27-17-15-26(16-18-27)28-19-20-29(34-4-2)31(33)30(28)32/h3,7-8,11-12,19-20,23,25-27H,1,4-6,9-10,13-18,21H2,2H3. The van der Waals surface area contributed by atoms with Crippen LogP contribution in [0.3, 0.4) is 0 Å². The van der Waals surface area contributed by atoms with E-state index in [1.54, 1.807) is 19.1 Å². The van der Waals surface area contributed by atoms with Crippen molar-refractivity contribution in [1.29, 1.82) is 0 Å². The van der Waals surface area contributed by atoms with E-state index in [2.05, 4.69) is 30.8 Å². The molecule has 190 valence electrons. The third-order valence-electron chi connectivity index (χ3n) is 7.99. The highest BCUT2D eigenvalue weighted by atomic mass is 19.2. The smallest absolute Gasteiger partial charge is 0.200 e. The van der Waals surface area contributed by atoms with E-state index < -0.39 is 11.6 Å². The molecule has 0 unspecified atom stereocenters. The van der Waals surface area contributed by atoms with Gasteiger partial charge in [-0.15, -0.1) is 6.58 Å². The minimum atomic E-state index is -0.859. The molecule has 0 amide bonds. The summed E-state index contributed by atoms with van der Waals surface area (Å²) in [6, 6.07) is 12.4. The Hall–Kier alpha value is -2.20. The Labute approximate surface area is 209 Å². The molecule has 0 radical (unpaired) electrons. The van der Waals surface area contributed by atoms with E-state index in [0.29, 0.717) is 24.0 Å². The Balaban J connectivity index is 1.18. The predicted molar refractivity (Wildman–Crippen MR) is 138 cm³/mol. The third-order valence-corrected chi connectivity index (χ3v) is 7.99. The number of benzene rings is 2. The summed E-state index contributed by atoms with van der Waals surface area (Å²) in [5.74, 6) is -0.252. The van der Waals surface area contributed by atoms with Crippen LogP contribution >= 0.6 is 0 Å². The van der Waals surface area contributed by atoms with Crippen LogP contribution in [0.1, 0.15) is 93.2 Å². The summed E-state index contributed by atoms with van der Waals surface area (Å²) in [6.45, 7) is 6.73. The van der Waals surface area contributed by atoms with E-state index in [0.717, 1.165) is 45.1 Å². The molecule has 0 aliphatic heterocycles. The summed E-state index contributed by atoms with van der Waals surface area (Å²) in [5, 5.41) is 0. The molecule has 2 fully saturated rings. The monoisotopic (exact) mass is 482 g/mol. The summed E-state index contributed by atoms with van der Waals surface area (Å²) in [5.41, 5.74) is 3.35. The first-order valence-corrected chi connectivity index (χ1v) is 13.5. The van der Waals surface area contributed by atoms with Crippen molar-refractivity contribution in [1.82, 2.24) is 0 Å². The second kappa shape index (κ2) is 12.7. The number of hydrogen-bond donors (Lipinski definition) is 0. The van der Waals surface area contributed by atoms with Crippen LogP contribution in [0.4, 0.5) is 8.78 Å². The van der Waals surface area contributed by atoms with Crippen LogP contribution in [0.2, 0.25) is 0 Å². The maximum absolute atomic E-state index is 14.6. The molecule has 4 rings (SSSR count). The van der Waals surface area contributed by atoms with Gasteiger partial charge in [0.2, 0.25) is 5.82 Å². The fourth-order valence-electron chi connectivity index (χ4n) is 5.83. The first-order valence-electron chi connectivity index (χ1n) is 13.5. The van der Waals surface area contributed by atoms with Crippen LogP contribution in [-0.4, -0.2) is 19.3 Å². The lowest BCUT2D eigenvalue weighted by Gasteiger charge is -2.32. The molecule has 0 heterocycles. The summed E-state index contributed by atoms with van der Waals surface area (Å²) >= 11 is 0. The summed E-state index contributed by atoms with van der Waals surface area (Å²) in [6.07, 6.45) is 12.7. The van der Waals surface area contributed by atoms with Gasteiger partial charge in [0.25, 0.3) is 0 Å². The highest BCUT2D eigenvalue weighted by Crippen LogP contribution is 2.39. The van der Waals surface area contributed by atoms with Gasteiger partial charge < -0.3 is 9.47 Å².